The zero-order valence-electron chi connectivity index (χ0n) is 8.76. The van der Waals surface area contributed by atoms with Crippen molar-refractivity contribution < 1.29 is 0 Å². The van der Waals surface area contributed by atoms with E-state index in [9.17, 15) is 0 Å². The van der Waals surface area contributed by atoms with Crippen LogP contribution in [0.5, 0.6) is 0 Å². The van der Waals surface area contributed by atoms with Crippen LogP contribution >= 0.6 is 23.2 Å². The molecule has 3 heteroatoms. The Morgan fingerprint density at radius 3 is 2.53 bits per heavy atom. The summed E-state index contributed by atoms with van der Waals surface area (Å²) < 4.78 is 0. The summed E-state index contributed by atoms with van der Waals surface area (Å²) in [6, 6.07) is 6.14. The number of halogens is 2. The van der Waals surface area contributed by atoms with Gasteiger partial charge in [-0.25, -0.2) is 0 Å². The monoisotopic (exact) mass is 243 g/mol. The van der Waals surface area contributed by atoms with Crippen molar-refractivity contribution in [3.8, 4) is 0 Å². The molecule has 1 saturated carbocycles. The lowest BCUT2D eigenvalue weighted by atomic mass is 9.77. The summed E-state index contributed by atoms with van der Waals surface area (Å²) in [6.07, 6.45) is 3.93. The zero-order valence-corrected chi connectivity index (χ0v) is 10.3. The van der Waals surface area contributed by atoms with Gasteiger partial charge >= 0.3 is 0 Å². The Morgan fingerprint density at radius 2 is 2.07 bits per heavy atom. The smallest absolute Gasteiger partial charge is 0.0468 e. The molecule has 1 fully saturated rings. The van der Waals surface area contributed by atoms with Crippen LogP contribution in [-0.2, 0) is 0 Å². The molecule has 82 valence electrons. The molecule has 0 heterocycles. The predicted molar refractivity (Wildman–Crippen MR) is 65.6 cm³/mol. The Balaban J connectivity index is 2.25. The molecule has 1 aromatic rings. The van der Waals surface area contributed by atoms with Gasteiger partial charge in [0.2, 0.25) is 0 Å². The molecule has 0 aliphatic heterocycles. The van der Waals surface area contributed by atoms with E-state index in [1.54, 1.807) is 0 Å². The van der Waals surface area contributed by atoms with Gasteiger partial charge in [-0.3, -0.25) is 0 Å². The summed E-state index contributed by atoms with van der Waals surface area (Å²) in [6.45, 7) is 0. The summed E-state index contributed by atoms with van der Waals surface area (Å²) >= 11 is 12.1. The van der Waals surface area contributed by atoms with Crippen LogP contribution < -0.4 is 5.32 Å². The fraction of sp³-hybridized carbons (Fsp3) is 0.500. The van der Waals surface area contributed by atoms with Gasteiger partial charge in [-0.2, -0.15) is 0 Å². The number of rotatable bonds is 3. The van der Waals surface area contributed by atoms with Crippen molar-refractivity contribution in [1.29, 1.82) is 0 Å². The number of hydrogen-bond acceptors (Lipinski definition) is 1. The first-order valence-corrected chi connectivity index (χ1v) is 6.10. The van der Waals surface area contributed by atoms with Gasteiger partial charge < -0.3 is 5.32 Å². The van der Waals surface area contributed by atoms with E-state index in [4.69, 9.17) is 23.2 Å². The molecule has 0 saturated heterocycles. The van der Waals surface area contributed by atoms with Gasteiger partial charge in [0.1, 0.15) is 0 Å². The second-order valence-corrected chi connectivity index (χ2v) is 4.97. The Morgan fingerprint density at radius 1 is 1.33 bits per heavy atom. The largest absolute Gasteiger partial charge is 0.313 e. The third kappa shape index (κ3) is 2.30. The second-order valence-electron chi connectivity index (χ2n) is 4.12. The van der Waals surface area contributed by atoms with Gasteiger partial charge in [0, 0.05) is 16.1 Å². The summed E-state index contributed by atoms with van der Waals surface area (Å²) in [5, 5.41) is 4.83. The topological polar surface area (TPSA) is 12.0 Å². The minimum absolute atomic E-state index is 0.378. The SMILES string of the molecule is CNC(c1ccc(Cl)cc1Cl)C1CCC1. The van der Waals surface area contributed by atoms with Crippen LogP contribution in [0.25, 0.3) is 0 Å². The maximum absolute atomic E-state index is 6.20. The summed E-state index contributed by atoms with van der Waals surface area (Å²) in [7, 11) is 1.99. The van der Waals surface area contributed by atoms with Crippen LogP contribution in [0, 0.1) is 5.92 Å². The van der Waals surface area contributed by atoms with Crippen molar-refractivity contribution in [2.45, 2.75) is 25.3 Å². The van der Waals surface area contributed by atoms with Crippen LogP contribution in [0.3, 0.4) is 0 Å². The lowest BCUT2D eigenvalue weighted by Crippen LogP contribution is -2.29. The number of hydrogen-bond donors (Lipinski definition) is 1. The third-order valence-corrected chi connectivity index (χ3v) is 3.79. The van der Waals surface area contributed by atoms with Crippen molar-refractivity contribution in [2.75, 3.05) is 7.05 Å². The average Bonchev–Trinajstić information content (AvgIpc) is 2.12. The minimum atomic E-state index is 0.378. The molecule has 1 atom stereocenters. The molecule has 1 aliphatic rings. The van der Waals surface area contributed by atoms with Crippen LogP contribution in [-0.4, -0.2) is 7.05 Å². The van der Waals surface area contributed by atoms with Gasteiger partial charge in [-0.05, 0) is 43.5 Å². The molecule has 1 unspecified atom stereocenters. The van der Waals surface area contributed by atoms with Crippen LogP contribution in [0.15, 0.2) is 18.2 Å². The standard InChI is InChI=1S/C12H15Cl2N/c1-15-12(8-3-2-4-8)10-6-5-9(13)7-11(10)14/h5-8,12,15H,2-4H2,1H3. The second kappa shape index (κ2) is 4.73. The Bertz CT molecular complexity index is 347. The Hall–Kier alpha value is -0.240. The molecule has 0 bridgehead atoms. The van der Waals surface area contributed by atoms with E-state index in [2.05, 4.69) is 5.32 Å². The van der Waals surface area contributed by atoms with Gasteiger partial charge in [-0.1, -0.05) is 35.7 Å². The van der Waals surface area contributed by atoms with Crippen molar-refractivity contribution in [3.05, 3.63) is 33.8 Å². The summed E-state index contributed by atoms with van der Waals surface area (Å²) in [5.41, 5.74) is 1.17. The Labute approximate surface area is 101 Å². The van der Waals surface area contributed by atoms with Crippen molar-refractivity contribution in [3.63, 3.8) is 0 Å². The number of nitrogens with one attached hydrogen (secondary N) is 1. The molecular formula is C12H15Cl2N. The first kappa shape index (κ1) is 11.3. The highest BCUT2D eigenvalue weighted by molar-refractivity contribution is 6.35. The molecule has 15 heavy (non-hydrogen) atoms. The lowest BCUT2D eigenvalue weighted by molar-refractivity contribution is 0.239. The third-order valence-electron chi connectivity index (χ3n) is 3.23. The fourth-order valence-electron chi connectivity index (χ4n) is 2.17. The highest BCUT2D eigenvalue weighted by atomic mass is 35.5. The average molecular weight is 244 g/mol. The lowest BCUT2D eigenvalue weighted by Gasteiger charge is -2.34. The fourth-order valence-corrected chi connectivity index (χ4v) is 2.70. The van der Waals surface area contributed by atoms with Gasteiger partial charge in [0.15, 0.2) is 0 Å². The maximum Gasteiger partial charge on any atom is 0.0468 e. The normalized spacial score (nSPS) is 18.6. The highest BCUT2D eigenvalue weighted by Gasteiger charge is 2.28. The van der Waals surface area contributed by atoms with Gasteiger partial charge in [0.05, 0.1) is 0 Å². The Kier molecular flexibility index (Phi) is 3.55. The van der Waals surface area contributed by atoms with E-state index >= 15 is 0 Å². The van der Waals surface area contributed by atoms with E-state index in [1.807, 2.05) is 25.2 Å². The molecule has 1 aromatic carbocycles. The van der Waals surface area contributed by atoms with E-state index in [-0.39, 0.29) is 0 Å². The molecular weight excluding hydrogens is 229 g/mol. The maximum atomic E-state index is 6.20. The minimum Gasteiger partial charge on any atom is -0.313 e. The number of benzene rings is 1. The predicted octanol–water partition coefficient (Wildman–Crippen LogP) is 4.05. The molecule has 0 aromatic heterocycles. The quantitative estimate of drug-likeness (QED) is 0.845. The van der Waals surface area contributed by atoms with Gasteiger partial charge in [-0.15, -0.1) is 0 Å². The van der Waals surface area contributed by atoms with Crippen LogP contribution in [0.2, 0.25) is 10.0 Å². The van der Waals surface area contributed by atoms with Crippen molar-refractivity contribution in [2.24, 2.45) is 5.92 Å². The summed E-state index contributed by atoms with van der Waals surface area (Å²) in [5.74, 6) is 0.730. The summed E-state index contributed by atoms with van der Waals surface area (Å²) in [4.78, 5) is 0. The molecule has 0 radical (unpaired) electrons. The first-order chi connectivity index (χ1) is 7.22. The molecule has 1 N–H and O–H groups in total. The molecule has 1 aliphatic carbocycles. The molecule has 0 spiro atoms. The van der Waals surface area contributed by atoms with E-state index in [0.29, 0.717) is 11.1 Å². The van der Waals surface area contributed by atoms with Crippen molar-refractivity contribution in [1.82, 2.24) is 5.32 Å². The van der Waals surface area contributed by atoms with E-state index in [0.717, 1.165) is 10.9 Å². The van der Waals surface area contributed by atoms with Crippen LogP contribution in [0.4, 0.5) is 0 Å². The van der Waals surface area contributed by atoms with E-state index < -0.39 is 0 Å². The van der Waals surface area contributed by atoms with Gasteiger partial charge in [0.25, 0.3) is 0 Å². The van der Waals surface area contributed by atoms with Crippen LogP contribution in [0.1, 0.15) is 30.9 Å². The van der Waals surface area contributed by atoms with Crippen molar-refractivity contribution >= 4 is 23.2 Å². The van der Waals surface area contributed by atoms with E-state index in [1.165, 1.54) is 24.8 Å². The zero-order chi connectivity index (χ0) is 10.8. The highest BCUT2D eigenvalue weighted by Crippen LogP contribution is 2.40. The molecule has 2 rings (SSSR count). The molecule has 0 amide bonds. The molecule has 1 nitrogen and oxygen atoms in total. The first-order valence-electron chi connectivity index (χ1n) is 5.34.